The van der Waals surface area contributed by atoms with Gasteiger partial charge in [-0.15, -0.1) is 11.6 Å². The molecule has 1 aromatic carbocycles. The molecule has 0 atom stereocenters. The van der Waals surface area contributed by atoms with Crippen LogP contribution < -0.4 is 0 Å². The van der Waals surface area contributed by atoms with Crippen molar-refractivity contribution in [3.05, 3.63) is 33.8 Å². The van der Waals surface area contributed by atoms with Crippen molar-refractivity contribution in [3.8, 4) is 0 Å². The minimum Gasteiger partial charge on any atom is -0.293 e. The average molecular weight is 271 g/mol. The molecule has 88 valence electrons. The highest BCUT2D eigenvalue weighted by Crippen LogP contribution is 2.37. The van der Waals surface area contributed by atoms with Crippen LogP contribution >= 0.6 is 23.2 Å². The zero-order valence-electron chi connectivity index (χ0n) is 8.16. The number of aryl methyl sites for hydroxylation is 1. The lowest BCUT2D eigenvalue weighted by molar-refractivity contribution is -0.137. The van der Waals surface area contributed by atoms with E-state index in [0.29, 0.717) is 5.56 Å². The molecule has 0 saturated heterocycles. The van der Waals surface area contributed by atoms with Gasteiger partial charge >= 0.3 is 6.18 Å². The summed E-state index contributed by atoms with van der Waals surface area (Å²) >= 11 is 10.8. The van der Waals surface area contributed by atoms with Gasteiger partial charge in [-0.3, -0.25) is 4.79 Å². The van der Waals surface area contributed by atoms with Crippen molar-refractivity contribution in [1.29, 1.82) is 0 Å². The summed E-state index contributed by atoms with van der Waals surface area (Å²) in [5, 5.41) is -0.594. The van der Waals surface area contributed by atoms with Crippen LogP contribution in [-0.4, -0.2) is 11.7 Å². The van der Waals surface area contributed by atoms with Crippen LogP contribution in [0.2, 0.25) is 5.02 Å². The summed E-state index contributed by atoms with van der Waals surface area (Å²) in [6.45, 7) is 1.45. The van der Waals surface area contributed by atoms with Gasteiger partial charge < -0.3 is 0 Å². The van der Waals surface area contributed by atoms with Crippen molar-refractivity contribution in [2.75, 3.05) is 5.88 Å². The van der Waals surface area contributed by atoms with Gasteiger partial charge in [0.2, 0.25) is 0 Å². The van der Waals surface area contributed by atoms with Crippen LogP contribution in [0, 0.1) is 6.92 Å². The first kappa shape index (κ1) is 13.3. The average Bonchev–Trinajstić information content (AvgIpc) is 2.18. The van der Waals surface area contributed by atoms with Crippen LogP contribution in [0.25, 0.3) is 0 Å². The highest BCUT2D eigenvalue weighted by molar-refractivity contribution is 6.37. The Morgan fingerprint density at radius 1 is 1.38 bits per heavy atom. The molecule has 0 heterocycles. The lowest BCUT2D eigenvalue weighted by Gasteiger charge is -2.12. The molecule has 0 aliphatic rings. The largest absolute Gasteiger partial charge is 0.417 e. The fraction of sp³-hybridized carbons (Fsp3) is 0.300. The Bertz CT molecular complexity index is 427. The number of rotatable bonds is 2. The fourth-order valence-corrected chi connectivity index (χ4v) is 1.72. The summed E-state index contributed by atoms with van der Waals surface area (Å²) < 4.78 is 37.6. The number of carbonyl (C=O) groups excluding carboxylic acids is 1. The summed E-state index contributed by atoms with van der Waals surface area (Å²) in [6, 6.07) is 2.19. The number of ketones is 1. The Labute approximate surface area is 100 Å². The second kappa shape index (κ2) is 4.63. The quantitative estimate of drug-likeness (QED) is 0.585. The van der Waals surface area contributed by atoms with Crippen molar-refractivity contribution in [2.45, 2.75) is 13.1 Å². The van der Waals surface area contributed by atoms with Gasteiger partial charge in [-0.1, -0.05) is 11.6 Å². The van der Waals surface area contributed by atoms with E-state index in [1.54, 1.807) is 0 Å². The lowest BCUT2D eigenvalue weighted by atomic mass is 10.0. The number of halogens is 5. The van der Waals surface area contributed by atoms with Crippen LogP contribution in [0.15, 0.2) is 12.1 Å². The minimum absolute atomic E-state index is 0.191. The molecule has 1 nitrogen and oxygen atoms in total. The normalized spacial score (nSPS) is 11.6. The first-order valence-electron chi connectivity index (χ1n) is 4.24. The van der Waals surface area contributed by atoms with Gasteiger partial charge in [-0.25, -0.2) is 0 Å². The topological polar surface area (TPSA) is 17.1 Å². The molecular weight excluding hydrogens is 264 g/mol. The SMILES string of the molecule is Cc1cc(C(=O)CCl)c(Cl)c(C(F)(F)F)c1. The van der Waals surface area contributed by atoms with Crippen LogP contribution in [0.3, 0.4) is 0 Å². The van der Waals surface area contributed by atoms with Gasteiger partial charge in [0.25, 0.3) is 0 Å². The number of hydrogen-bond donors (Lipinski definition) is 0. The van der Waals surface area contributed by atoms with Gasteiger partial charge in [0.15, 0.2) is 5.78 Å². The molecule has 0 N–H and O–H groups in total. The Morgan fingerprint density at radius 3 is 2.38 bits per heavy atom. The van der Waals surface area contributed by atoms with Crippen LogP contribution in [0.1, 0.15) is 21.5 Å². The first-order chi connectivity index (χ1) is 7.27. The highest BCUT2D eigenvalue weighted by Gasteiger charge is 2.35. The van der Waals surface area contributed by atoms with Crippen molar-refractivity contribution < 1.29 is 18.0 Å². The summed E-state index contributed by atoms with van der Waals surface area (Å²) in [6.07, 6.45) is -4.58. The molecule has 16 heavy (non-hydrogen) atoms. The lowest BCUT2D eigenvalue weighted by Crippen LogP contribution is -2.11. The second-order valence-electron chi connectivity index (χ2n) is 3.23. The van der Waals surface area contributed by atoms with E-state index in [0.717, 1.165) is 6.07 Å². The predicted octanol–water partition coefficient (Wildman–Crippen LogP) is 4.09. The zero-order chi connectivity index (χ0) is 12.5. The standard InChI is InChI=1S/C10H7Cl2F3O/c1-5-2-6(8(16)4-11)9(12)7(3-5)10(13,14)15/h2-3H,4H2,1H3. The minimum atomic E-state index is -4.58. The Kier molecular flexibility index (Phi) is 3.86. The van der Waals surface area contributed by atoms with Crippen LogP contribution in [-0.2, 0) is 6.18 Å². The van der Waals surface area contributed by atoms with Crippen molar-refractivity contribution in [3.63, 3.8) is 0 Å². The van der Waals surface area contributed by atoms with Gasteiger partial charge in [-0.2, -0.15) is 13.2 Å². The highest BCUT2D eigenvalue weighted by atomic mass is 35.5. The van der Waals surface area contributed by atoms with Gasteiger partial charge in [0, 0.05) is 5.56 Å². The molecule has 0 fully saturated rings. The molecule has 0 aliphatic carbocycles. The first-order valence-corrected chi connectivity index (χ1v) is 5.15. The molecule has 1 rings (SSSR count). The molecule has 0 radical (unpaired) electrons. The summed E-state index contributed by atoms with van der Waals surface area (Å²) in [4.78, 5) is 11.3. The number of carbonyl (C=O) groups is 1. The molecule has 0 amide bonds. The molecule has 0 bridgehead atoms. The van der Waals surface area contributed by atoms with Gasteiger partial charge in [-0.05, 0) is 24.6 Å². The molecule has 0 aromatic heterocycles. The van der Waals surface area contributed by atoms with E-state index in [1.165, 1.54) is 13.0 Å². The zero-order valence-corrected chi connectivity index (χ0v) is 9.67. The molecule has 0 spiro atoms. The second-order valence-corrected chi connectivity index (χ2v) is 3.87. The van der Waals surface area contributed by atoms with E-state index < -0.39 is 28.4 Å². The van der Waals surface area contributed by atoms with Crippen molar-refractivity contribution >= 4 is 29.0 Å². The molecule has 0 unspecified atom stereocenters. The molecular formula is C10H7Cl2F3O. The molecule has 6 heteroatoms. The van der Waals surface area contributed by atoms with E-state index in [-0.39, 0.29) is 5.56 Å². The maximum Gasteiger partial charge on any atom is 0.417 e. The third kappa shape index (κ3) is 2.68. The smallest absolute Gasteiger partial charge is 0.293 e. The molecule has 1 aromatic rings. The van der Waals surface area contributed by atoms with E-state index in [2.05, 4.69) is 0 Å². The third-order valence-corrected chi connectivity index (χ3v) is 2.59. The van der Waals surface area contributed by atoms with Crippen LogP contribution in [0.4, 0.5) is 13.2 Å². The van der Waals surface area contributed by atoms with E-state index in [9.17, 15) is 18.0 Å². The van der Waals surface area contributed by atoms with Crippen molar-refractivity contribution in [1.82, 2.24) is 0 Å². The van der Waals surface area contributed by atoms with E-state index >= 15 is 0 Å². The maximum absolute atomic E-state index is 12.5. The summed E-state index contributed by atoms with van der Waals surface area (Å²) in [7, 11) is 0. The van der Waals surface area contributed by atoms with E-state index in [1.807, 2.05) is 0 Å². The maximum atomic E-state index is 12.5. The van der Waals surface area contributed by atoms with Gasteiger partial charge in [0.1, 0.15) is 0 Å². The molecule has 0 aliphatic heterocycles. The van der Waals surface area contributed by atoms with Gasteiger partial charge in [0.05, 0.1) is 16.5 Å². The summed E-state index contributed by atoms with van der Waals surface area (Å²) in [5.41, 5.74) is -0.892. The number of alkyl halides is 4. The van der Waals surface area contributed by atoms with Crippen LogP contribution in [0.5, 0.6) is 0 Å². The predicted molar refractivity (Wildman–Crippen MR) is 56.2 cm³/mol. The van der Waals surface area contributed by atoms with Crippen molar-refractivity contribution in [2.24, 2.45) is 0 Å². The number of benzene rings is 1. The fourth-order valence-electron chi connectivity index (χ4n) is 1.25. The Morgan fingerprint density at radius 2 is 1.94 bits per heavy atom. The summed E-state index contributed by atoms with van der Waals surface area (Å²) in [5.74, 6) is -1.03. The third-order valence-electron chi connectivity index (χ3n) is 1.94. The van der Waals surface area contributed by atoms with E-state index in [4.69, 9.17) is 23.2 Å². The monoisotopic (exact) mass is 270 g/mol. The number of hydrogen-bond acceptors (Lipinski definition) is 1. The number of Topliss-reactive ketones (excluding diaryl/α,β-unsaturated/α-hetero) is 1. The Balaban J connectivity index is 3.44. The molecule has 0 saturated carbocycles. The Hall–Kier alpha value is -0.740.